The van der Waals surface area contributed by atoms with Gasteiger partial charge in [-0.05, 0) is 36.8 Å². The Morgan fingerprint density at radius 1 is 1.33 bits per heavy atom. The van der Waals surface area contributed by atoms with E-state index in [1.807, 2.05) is 13.0 Å². The fraction of sp³-hybridized carbons (Fsp3) is 0.143. The summed E-state index contributed by atoms with van der Waals surface area (Å²) in [6.07, 6.45) is 1.60. The van der Waals surface area contributed by atoms with Crippen LogP contribution < -0.4 is 15.4 Å². The maximum atomic E-state index is 11.7. The summed E-state index contributed by atoms with van der Waals surface area (Å²) in [5, 5.41) is 6.07. The Morgan fingerprint density at radius 3 is 2.86 bits per heavy atom. The van der Waals surface area contributed by atoms with Crippen molar-refractivity contribution in [2.75, 3.05) is 12.0 Å². The molecule has 0 atom stereocenters. The van der Waals surface area contributed by atoms with E-state index in [1.54, 1.807) is 30.5 Å². The van der Waals surface area contributed by atoms with E-state index in [0.717, 1.165) is 5.56 Å². The van der Waals surface area contributed by atoms with Gasteiger partial charge in [-0.1, -0.05) is 29.3 Å². The topological polar surface area (TPSA) is 63.2 Å². The number of hydrogen-bond acceptors (Lipinski definition) is 3. The first-order valence-corrected chi connectivity index (χ1v) is 6.86. The summed E-state index contributed by atoms with van der Waals surface area (Å²) in [4.78, 5) is 15.8. The molecule has 0 fully saturated rings. The molecule has 2 amide bonds. The molecule has 0 spiro atoms. The van der Waals surface area contributed by atoms with Crippen molar-refractivity contribution >= 4 is 35.1 Å². The summed E-state index contributed by atoms with van der Waals surface area (Å²) in [7, 11) is 0. The Kier molecular flexibility index (Phi) is 5.25. The molecule has 1 aromatic heterocycles. The molecule has 0 saturated carbocycles. The first-order valence-electron chi connectivity index (χ1n) is 6.10. The third-order valence-corrected chi connectivity index (χ3v) is 3.13. The lowest BCUT2D eigenvalue weighted by Crippen LogP contribution is -2.32. The molecule has 2 rings (SSSR count). The molecule has 0 unspecified atom stereocenters. The van der Waals surface area contributed by atoms with Gasteiger partial charge in [0, 0.05) is 11.2 Å². The van der Waals surface area contributed by atoms with Gasteiger partial charge in [-0.3, -0.25) is 5.32 Å². The SMILES string of the molecule is Cc1cccnc1NC(=O)NCOc1ccc(Cl)cc1Cl. The molecule has 7 heteroatoms. The summed E-state index contributed by atoms with van der Waals surface area (Å²) in [6, 6.07) is 8.08. The first-order chi connectivity index (χ1) is 10.1. The zero-order valence-electron chi connectivity index (χ0n) is 11.2. The van der Waals surface area contributed by atoms with E-state index in [0.29, 0.717) is 21.6 Å². The normalized spacial score (nSPS) is 10.0. The lowest BCUT2D eigenvalue weighted by molar-refractivity contribution is 0.234. The summed E-state index contributed by atoms with van der Waals surface area (Å²) >= 11 is 11.7. The number of aryl methyl sites for hydroxylation is 1. The maximum absolute atomic E-state index is 11.7. The second-order valence-electron chi connectivity index (χ2n) is 4.16. The van der Waals surface area contributed by atoms with E-state index in [4.69, 9.17) is 27.9 Å². The van der Waals surface area contributed by atoms with Crippen molar-refractivity contribution in [3.05, 3.63) is 52.1 Å². The number of pyridine rings is 1. The largest absolute Gasteiger partial charge is 0.472 e. The Hall–Kier alpha value is -1.98. The Bertz CT molecular complexity index is 650. The van der Waals surface area contributed by atoms with Crippen LogP contribution in [0.25, 0.3) is 0 Å². The molecule has 0 radical (unpaired) electrons. The lowest BCUT2D eigenvalue weighted by atomic mass is 10.3. The molecular weight excluding hydrogens is 313 g/mol. The number of carbonyl (C=O) groups is 1. The monoisotopic (exact) mass is 325 g/mol. The van der Waals surface area contributed by atoms with Crippen LogP contribution in [0.5, 0.6) is 5.75 Å². The third kappa shape index (κ3) is 4.51. The molecule has 0 aliphatic heterocycles. The van der Waals surface area contributed by atoms with Gasteiger partial charge in [0.05, 0.1) is 5.02 Å². The standard InChI is InChI=1S/C14H13Cl2N3O2/c1-9-3-2-6-17-13(9)19-14(20)18-8-21-12-5-4-10(15)7-11(12)16/h2-7H,8H2,1H3,(H2,17,18,19,20). The van der Waals surface area contributed by atoms with Gasteiger partial charge in [-0.15, -0.1) is 0 Å². The minimum Gasteiger partial charge on any atom is -0.472 e. The van der Waals surface area contributed by atoms with Gasteiger partial charge in [0.15, 0.2) is 6.73 Å². The van der Waals surface area contributed by atoms with E-state index < -0.39 is 6.03 Å². The van der Waals surface area contributed by atoms with Crippen LogP contribution in [0.15, 0.2) is 36.5 Å². The highest BCUT2D eigenvalue weighted by Crippen LogP contribution is 2.27. The zero-order valence-corrected chi connectivity index (χ0v) is 12.7. The van der Waals surface area contributed by atoms with Crippen molar-refractivity contribution in [2.45, 2.75) is 6.92 Å². The number of anilines is 1. The number of rotatable bonds is 4. The number of ether oxygens (including phenoxy) is 1. The van der Waals surface area contributed by atoms with Crippen molar-refractivity contribution in [1.82, 2.24) is 10.3 Å². The predicted octanol–water partition coefficient (Wildman–Crippen LogP) is 3.85. The molecule has 0 aliphatic rings. The van der Waals surface area contributed by atoms with E-state index in [9.17, 15) is 4.79 Å². The molecule has 2 N–H and O–H groups in total. The summed E-state index contributed by atoms with van der Waals surface area (Å²) in [6.45, 7) is 1.83. The van der Waals surface area contributed by atoms with Gasteiger partial charge in [-0.2, -0.15) is 0 Å². The molecule has 2 aromatic rings. The number of benzene rings is 1. The van der Waals surface area contributed by atoms with Crippen LogP contribution in [0.3, 0.4) is 0 Å². The average molecular weight is 326 g/mol. The quantitative estimate of drug-likeness (QED) is 0.839. The summed E-state index contributed by atoms with van der Waals surface area (Å²) in [5.74, 6) is 0.940. The third-order valence-electron chi connectivity index (χ3n) is 2.60. The number of amides is 2. The number of halogens is 2. The number of nitrogens with zero attached hydrogens (tertiary/aromatic N) is 1. The van der Waals surface area contributed by atoms with Crippen molar-refractivity contribution in [1.29, 1.82) is 0 Å². The van der Waals surface area contributed by atoms with Crippen molar-refractivity contribution in [3.8, 4) is 5.75 Å². The number of hydrogen-bond donors (Lipinski definition) is 2. The number of nitrogens with one attached hydrogen (secondary N) is 2. The van der Waals surface area contributed by atoms with Crippen molar-refractivity contribution < 1.29 is 9.53 Å². The highest BCUT2D eigenvalue weighted by Gasteiger charge is 2.06. The van der Waals surface area contributed by atoms with Crippen LogP contribution in [-0.2, 0) is 0 Å². The van der Waals surface area contributed by atoms with E-state index in [2.05, 4.69) is 15.6 Å². The maximum Gasteiger partial charge on any atom is 0.323 e. The molecule has 110 valence electrons. The highest BCUT2D eigenvalue weighted by atomic mass is 35.5. The van der Waals surface area contributed by atoms with Gasteiger partial charge in [-0.25, -0.2) is 9.78 Å². The predicted molar refractivity (Wildman–Crippen MR) is 83.1 cm³/mol. The van der Waals surface area contributed by atoms with E-state index in [1.165, 1.54) is 0 Å². The highest BCUT2D eigenvalue weighted by molar-refractivity contribution is 6.35. The molecule has 0 bridgehead atoms. The van der Waals surface area contributed by atoms with Crippen LogP contribution in [0.2, 0.25) is 10.0 Å². The van der Waals surface area contributed by atoms with Gasteiger partial charge in [0.2, 0.25) is 0 Å². The molecule has 1 heterocycles. The molecule has 1 aromatic carbocycles. The van der Waals surface area contributed by atoms with Crippen LogP contribution in [0.1, 0.15) is 5.56 Å². The lowest BCUT2D eigenvalue weighted by Gasteiger charge is -2.11. The minimum atomic E-state index is -0.415. The van der Waals surface area contributed by atoms with Gasteiger partial charge in [0.25, 0.3) is 0 Å². The van der Waals surface area contributed by atoms with Gasteiger partial charge < -0.3 is 10.1 Å². The minimum absolute atomic E-state index is 0.0287. The second kappa shape index (κ2) is 7.15. The molecule has 21 heavy (non-hydrogen) atoms. The molecule has 0 saturated heterocycles. The van der Waals surface area contributed by atoms with Crippen LogP contribution in [0, 0.1) is 6.92 Å². The molecular formula is C14H13Cl2N3O2. The van der Waals surface area contributed by atoms with Crippen LogP contribution in [0.4, 0.5) is 10.6 Å². The Morgan fingerprint density at radius 2 is 2.14 bits per heavy atom. The van der Waals surface area contributed by atoms with Crippen molar-refractivity contribution in [3.63, 3.8) is 0 Å². The van der Waals surface area contributed by atoms with Gasteiger partial charge in [0.1, 0.15) is 11.6 Å². The smallest absolute Gasteiger partial charge is 0.323 e. The number of aromatic nitrogens is 1. The first kappa shape index (κ1) is 15.4. The molecule has 5 nitrogen and oxygen atoms in total. The van der Waals surface area contributed by atoms with Gasteiger partial charge >= 0.3 is 6.03 Å². The average Bonchev–Trinajstić information content (AvgIpc) is 2.44. The fourth-order valence-electron chi connectivity index (χ4n) is 1.54. The number of carbonyl (C=O) groups excluding carboxylic acids is 1. The van der Waals surface area contributed by atoms with Crippen LogP contribution >= 0.6 is 23.2 Å². The summed E-state index contributed by atoms with van der Waals surface area (Å²) < 4.78 is 5.35. The van der Waals surface area contributed by atoms with E-state index >= 15 is 0 Å². The Balaban J connectivity index is 1.83. The zero-order chi connectivity index (χ0) is 15.2. The fourth-order valence-corrected chi connectivity index (χ4v) is 2.00. The second-order valence-corrected chi connectivity index (χ2v) is 5.01. The van der Waals surface area contributed by atoms with Crippen molar-refractivity contribution in [2.24, 2.45) is 0 Å². The number of urea groups is 1. The van der Waals surface area contributed by atoms with Crippen LogP contribution in [-0.4, -0.2) is 17.7 Å². The summed E-state index contributed by atoms with van der Waals surface area (Å²) in [5.41, 5.74) is 0.870. The van der Waals surface area contributed by atoms with E-state index in [-0.39, 0.29) is 6.73 Å². The molecule has 0 aliphatic carbocycles. The Labute approximate surface area is 132 Å².